The highest BCUT2D eigenvalue weighted by molar-refractivity contribution is 6.30. The Kier molecular flexibility index (Phi) is 4.28. The van der Waals surface area contributed by atoms with Crippen LogP contribution < -0.4 is 5.32 Å². The zero-order chi connectivity index (χ0) is 11.7. The summed E-state index contributed by atoms with van der Waals surface area (Å²) in [6.07, 6.45) is 1.04. The molecule has 0 aliphatic carbocycles. The summed E-state index contributed by atoms with van der Waals surface area (Å²) in [7, 11) is 0. The van der Waals surface area contributed by atoms with E-state index in [0.717, 1.165) is 18.0 Å². The van der Waals surface area contributed by atoms with E-state index in [2.05, 4.69) is 47.8 Å². The van der Waals surface area contributed by atoms with Gasteiger partial charge in [-0.3, -0.25) is 0 Å². The molecule has 94 valence electrons. The number of halogens is 2. The zero-order valence-electron chi connectivity index (χ0n) is 9.90. The van der Waals surface area contributed by atoms with E-state index >= 15 is 0 Å². The van der Waals surface area contributed by atoms with Gasteiger partial charge in [0.2, 0.25) is 0 Å². The molecule has 0 saturated carbocycles. The lowest BCUT2D eigenvalue weighted by molar-refractivity contribution is 0.499. The maximum absolute atomic E-state index is 6.00. The molecule has 0 bridgehead atoms. The molecule has 1 unspecified atom stereocenters. The monoisotopic (exact) mass is 279 g/mol. The molecule has 0 spiro atoms. The third kappa shape index (κ3) is 2.69. The number of fused-ring (bicyclic) bond motifs is 1. The Labute approximate surface area is 119 Å². The Morgan fingerprint density at radius 1 is 1.00 bits per heavy atom. The fourth-order valence-corrected chi connectivity index (χ4v) is 2.60. The van der Waals surface area contributed by atoms with Gasteiger partial charge in [0.15, 0.2) is 0 Å². The summed E-state index contributed by atoms with van der Waals surface area (Å²) in [5, 5.41) is 4.38. The van der Waals surface area contributed by atoms with Crippen molar-refractivity contribution in [3.05, 3.63) is 70.2 Å². The number of hydrogen-bond acceptors (Lipinski definition) is 1. The van der Waals surface area contributed by atoms with E-state index < -0.39 is 0 Å². The molecule has 2 aromatic rings. The van der Waals surface area contributed by atoms with Gasteiger partial charge in [0.1, 0.15) is 0 Å². The summed E-state index contributed by atoms with van der Waals surface area (Å²) >= 11 is 6.00. The van der Waals surface area contributed by atoms with Crippen LogP contribution in [0.15, 0.2) is 48.5 Å². The first kappa shape index (κ1) is 13.4. The lowest BCUT2D eigenvalue weighted by Crippen LogP contribution is -2.28. The number of rotatable bonds is 1. The first-order valence-electron chi connectivity index (χ1n) is 5.88. The second-order valence-corrected chi connectivity index (χ2v) is 4.90. The molecule has 0 fully saturated rings. The highest BCUT2D eigenvalue weighted by Crippen LogP contribution is 2.27. The topological polar surface area (TPSA) is 12.0 Å². The molecule has 1 nitrogen and oxygen atoms in total. The van der Waals surface area contributed by atoms with Crippen LogP contribution in [0, 0.1) is 0 Å². The Morgan fingerprint density at radius 3 is 2.56 bits per heavy atom. The quantitative estimate of drug-likeness (QED) is 0.827. The van der Waals surface area contributed by atoms with Gasteiger partial charge in [-0.15, -0.1) is 12.4 Å². The molecule has 1 aliphatic rings. The van der Waals surface area contributed by atoms with Crippen LogP contribution in [0.3, 0.4) is 0 Å². The molecule has 0 saturated heterocycles. The molecule has 0 radical (unpaired) electrons. The number of benzene rings is 2. The largest absolute Gasteiger partial charge is 0.306 e. The van der Waals surface area contributed by atoms with Crippen LogP contribution in [0.5, 0.6) is 0 Å². The predicted octanol–water partition coefficient (Wildman–Crippen LogP) is 4.15. The normalized spacial score (nSPS) is 17.7. The average molecular weight is 280 g/mol. The first-order chi connectivity index (χ1) is 8.33. The minimum atomic E-state index is 0. The van der Waals surface area contributed by atoms with Crippen molar-refractivity contribution in [3.8, 4) is 0 Å². The third-order valence-electron chi connectivity index (χ3n) is 3.33. The Morgan fingerprint density at radius 2 is 1.78 bits per heavy atom. The second kappa shape index (κ2) is 5.75. The fourth-order valence-electron chi connectivity index (χ4n) is 2.40. The second-order valence-electron chi connectivity index (χ2n) is 4.46. The van der Waals surface area contributed by atoms with E-state index in [4.69, 9.17) is 11.6 Å². The summed E-state index contributed by atoms with van der Waals surface area (Å²) < 4.78 is 0. The van der Waals surface area contributed by atoms with E-state index in [1.807, 2.05) is 6.07 Å². The van der Waals surface area contributed by atoms with Crippen LogP contribution >= 0.6 is 24.0 Å². The van der Waals surface area contributed by atoms with E-state index in [0.29, 0.717) is 6.04 Å². The Bertz CT molecular complexity index is 525. The molecular weight excluding hydrogens is 265 g/mol. The van der Waals surface area contributed by atoms with Crippen LogP contribution in [-0.2, 0) is 13.0 Å². The van der Waals surface area contributed by atoms with Crippen molar-refractivity contribution in [2.75, 3.05) is 0 Å². The van der Waals surface area contributed by atoms with Crippen molar-refractivity contribution in [1.82, 2.24) is 5.32 Å². The van der Waals surface area contributed by atoms with Gasteiger partial charge >= 0.3 is 0 Å². The Hall–Kier alpha value is -1.02. The van der Waals surface area contributed by atoms with Gasteiger partial charge in [-0.05, 0) is 35.2 Å². The fraction of sp³-hybridized carbons (Fsp3) is 0.200. The highest BCUT2D eigenvalue weighted by Gasteiger charge is 2.18. The molecule has 0 amide bonds. The van der Waals surface area contributed by atoms with E-state index in [1.54, 1.807) is 0 Å². The van der Waals surface area contributed by atoms with Crippen molar-refractivity contribution >= 4 is 24.0 Å². The van der Waals surface area contributed by atoms with Crippen molar-refractivity contribution < 1.29 is 0 Å². The predicted molar refractivity (Wildman–Crippen MR) is 78.4 cm³/mol. The molecule has 3 heteroatoms. The van der Waals surface area contributed by atoms with Gasteiger partial charge in [0.25, 0.3) is 0 Å². The SMILES string of the molecule is Cl.Clc1ccc2c(c1)CNC(c1ccccc1)C2. The van der Waals surface area contributed by atoms with Crippen LogP contribution in [0.1, 0.15) is 22.7 Å². The minimum Gasteiger partial charge on any atom is -0.306 e. The summed E-state index contributed by atoms with van der Waals surface area (Å²) in [4.78, 5) is 0. The van der Waals surface area contributed by atoms with E-state index in [-0.39, 0.29) is 12.4 Å². The molecule has 1 heterocycles. The van der Waals surface area contributed by atoms with Crippen LogP contribution in [0.4, 0.5) is 0 Å². The summed E-state index contributed by atoms with van der Waals surface area (Å²) in [5.74, 6) is 0. The summed E-state index contributed by atoms with van der Waals surface area (Å²) in [5.41, 5.74) is 4.08. The van der Waals surface area contributed by atoms with Gasteiger partial charge in [0, 0.05) is 17.6 Å². The smallest absolute Gasteiger partial charge is 0.0409 e. The van der Waals surface area contributed by atoms with Gasteiger partial charge < -0.3 is 5.32 Å². The lowest BCUT2D eigenvalue weighted by atomic mass is 9.92. The molecule has 1 atom stereocenters. The van der Waals surface area contributed by atoms with Crippen LogP contribution in [0.25, 0.3) is 0 Å². The van der Waals surface area contributed by atoms with Gasteiger partial charge in [-0.25, -0.2) is 0 Å². The molecular formula is C15H15Cl2N. The molecule has 3 rings (SSSR count). The third-order valence-corrected chi connectivity index (χ3v) is 3.57. The Balaban J connectivity index is 0.00000120. The molecule has 1 N–H and O–H groups in total. The van der Waals surface area contributed by atoms with Crippen LogP contribution in [-0.4, -0.2) is 0 Å². The molecule has 0 aromatic heterocycles. The van der Waals surface area contributed by atoms with Gasteiger partial charge in [-0.1, -0.05) is 48.0 Å². The highest BCUT2D eigenvalue weighted by atomic mass is 35.5. The number of hydrogen-bond donors (Lipinski definition) is 1. The van der Waals surface area contributed by atoms with E-state index in [9.17, 15) is 0 Å². The van der Waals surface area contributed by atoms with Crippen molar-refractivity contribution in [2.24, 2.45) is 0 Å². The maximum atomic E-state index is 6.00. The summed E-state index contributed by atoms with van der Waals surface area (Å²) in [6, 6.07) is 17.2. The summed E-state index contributed by atoms with van der Waals surface area (Å²) in [6.45, 7) is 0.898. The van der Waals surface area contributed by atoms with Crippen molar-refractivity contribution in [2.45, 2.75) is 19.0 Å². The average Bonchev–Trinajstić information content (AvgIpc) is 2.39. The zero-order valence-corrected chi connectivity index (χ0v) is 11.5. The van der Waals surface area contributed by atoms with Crippen molar-refractivity contribution in [3.63, 3.8) is 0 Å². The lowest BCUT2D eigenvalue weighted by Gasteiger charge is -2.26. The standard InChI is InChI=1S/C15H14ClN.ClH/c16-14-7-6-12-9-15(17-10-13(12)8-14)11-4-2-1-3-5-11;/h1-8,15,17H,9-10H2;1H. The number of nitrogens with one attached hydrogen (secondary N) is 1. The van der Waals surface area contributed by atoms with Crippen molar-refractivity contribution in [1.29, 1.82) is 0 Å². The molecule has 1 aliphatic heterocycles. The van der Waals surface area contributed by atoms with E-state index in [1.165, 1.54) is 16.7 Å². The molecule has 18 heavy (non-hydrogen) atoms. The maximum Gasteiger partial charge on any atom is 0.0409 e. The minimum absolute atomic E-state index is 0. The van der Waals surface area contributed by atoms with Gasteiger partial charge in [0.05, 0.1) is 0 Å². The molecule has 2 aromatic carbocycles. The first-order valence-corrected chi connectivity index (χ1v) is 6.26. The van der Waals surface area contributed by atoms with Gasteiger partial charge in [-0.2, -0.15) is 0 Å². The van der Waals surface area contributed by atoms with Crippen LogP contribution in [0.2, 0.25) is 5.02 Å².